The quantitative estimate of drug-likeness (QED) is 0.616. The molecule has 1 aromatic carbocycles. The van der Waals surface area contributed by atoms with Gasteiger partial charge >= 0.3 is 0 Å². The molecule has 0 N–H and O–H groups in total. The van der Waals surface area contributed by atoms with Crippen molar-refractivity contribution in [2.75, 3.05) is 20.2 Å². The topological polar surface area (TPSA) is 53.3 Å². The summed E-state index contributed by atoms with van der Waals surface area (Å²) in [4.78, 5) is 13.4. The van der Waals surface area contributed by atoms with Crippen LogP contribution in [0.5, 0.6) is 5.75 Å². The van der Waals surface area contributed by atoms with Crippen LogP contribution < -0.4 is 4.74 Å². The number of rotatable bonds is 4. The van der Waals surface area contributed by atoms with Crippen molar-refractivity contribution in [2.45, 2.75) is 0 Å². The van der Waals surface area contributed by atoms with E-state index in [0.29, 0.717) is 16.3 Å². The van der Waals surface area contributed by atoms with Crippen molar-refractivity contribution in [3.63, 3.8) is 0 Å². The first-order valence-corrected chi connectivity index (χ1v) is 5.45. The van der Waals surface area contributed by atoms with Gasteiger partial charge in [0.1, 0.15) is 12.3 Å². The summed E-state index contributed by atoms with van der Waals surface area (Å²) in [7, 11) is 1.44. The predicted octanol–water partition coefficient (Wildman–Crippen LogP) is 1.95. The van der Waals surface area contributed by atoms with E-state index in [-0.39, 0.29) is 19.0 Å². The highest BCUT2D eigenvalue weighted by molar-refractivity contribution is 6.30. The van der Waals surface area contributed by atoms with Crippen molar-refractivity contribution in [3.8, 4) is 24.2 Å². The van der Waals surface area contributed by atoms with E-state index in [2.05, 4.69) is 5.92 Å². The van der Waals surface area contributed by atoms with Crippen LogP contribution in [0.2, 0.25) is 5.02 Å². The standard InChI is InChI=1S/C13H11ClN2O2/c1-3-7-16(8-6-15)13(17)11-5-4-10(14)9-12(11)18-2/h1,4-5,9H,7-8H2,2H3. The highest BCUT2D eigenvalue weighted by Crippen LogP contribution is 2.24. The van der Waals surface area contributed by atoms with E-state index < -0.39 is 0 Å². The number of hydrogen-bond donors (Lipinski definition) is 0. The van der Waals surface area contributed by atoms with Crippen LogP contribution in [-0.4, -0.2) is 31.0 Å². The van der Waals surface area contributed by atoms with Crippen molar-refractivity contribution >= 4 is 17.5 Å². The van der Waals surface area contributed by atoms with E-state index in [1.165, 1.54) is 18.1 Å². The summed E-state index contributed by atoms with van der Waals surface area (Å²) in [6, 6.07) is 6.56. The Hall–Kier alpha value is -2.17. The lowest BCUT2D eigenvalue weighted by Gasteiger charge is -2.18. The van der Waals surface area contributed by atoms with Crippen LogP contribution >= 0.6 is 11.6 Å². The Labute approximate surface area is 111 Å². The van der Waals surface area contributed by atoms with E-state index in [9.17, 15) is 4.79 Å². The second-order valence-corrected chi connectivity index (χ2v) is 3.80. The van der Waals surface area contributed by atoms with Gasteiger partial charge in [0.25, 0.3) is 5.91 Å². The van der Waals surface area contributed by atoms with Gasteiger partial charge in [0.15, 0.2) is 0 Å². The number of halogens is 1. The Balaban J connectivity index is 3.09. The number of methoxy groups -OCH3 is 1. The molecule has 4 nitrogen and oxygen atoms in total. The van der Waals surface area contributed by atoms with Crippen LogP contribution in [0.4, 0.5) is 0 Å². The number of carbonyl (C=O) groups excluding carboxylic acids is 1. The number of hydrogen-bond acceptors (Lipinski definition) is 3. The number of nitriles is 1. The smallest absolute Gasteiger partial charge is 0.259 e. The molecule has 0 aromatic heterocycles. The van der Waals surface area contributed by atoms with Crippen molar-refractivity contribution in [1.82, 2.24) is 4.90 Å². The molecular weight excluding hydrogens is 252 g/mol. The molecule has 1 rings (SSSR count). The molecule has 1 amide bonds. The Bertz CT molecular complexity index is 513. The average Bonchev–Trinajstić information content (AvgIpc) is 2.37. The Morgan fingerprint density at radius 2 is 2.28 bits per heavy atom. The molecule has 18 heavy (non-hydrogen) atoms. The highest BCUT2D eigenvalue weighted by Gasteiger charge is 2.18. The molecule has 1 aromatic rings. The van der Waals surface area contributed by atoms with Gasteiger partial charge in [-0.3, -0.25) is 4.79 Å². The minimum Gasteiger partial charge on any atom is -0.496 e. The van der Waals surface area contributed by atoms with Gasteiger partial charge in [-0.2, -0.15) is 5.26 Å². The lowest BCUT2D eigenvalue weighted by molar-refractivity contribution is 0.0792. The molecule has 0 aliphatic heterocycles. The third-order valence-electron chi connectivity index (χ3n) is 2.22. The minimum atomic E-state index is -0.358. The number of ether oxygens (including phenoxy) is 1. The molecule has 0 unspecified atom stereocenters. The first-order chi connectivity index (χ1) is 8.63. The number of carbonyl (C=O) groups is 1. The van der Waals surface area contributed by atoms with Gasteiger partial charge in [0.05, 0.1) is 25.3 Å². The van der Waals surface area contributed by atoms with Crippen molar-refractivity contribution in [1.29, 1.82) is 5.26 Å². The molecule has 0 aliphatic carbocycles. The Kier molecular flexibility index (Phi) is 5.05. The average molecular weight is 263 g/mol. The van der Waals surface area contributed by atoms with Crippen LogP contribution in [0.15, 0.2) is 18.2 Å². The summed E-state index contributed by atoms with van der Waals surface area (Å²) >= 11 is 5.81. The van der Waals surface area contributed by atoms with Crippen molar-refractivity contribution in [2.24, 2.45) is 0 Å². The Morgan fingerprint density at radius 3 is 2.83 bits per heavy atom. The first-order valence-electron chi connectivity index (χ1n) is 5.07. The van der Waals surface area contributed by atoms with Gasteiger partial charge < -0.3 is 9.64 Å². The van der Waals surface area contributed by atoms with Crippen molar-refractivity contribution < 1.29 is 9.53 Å². The van der Waals surface area contributed by atoms with Gasteiger partial charge in [-0.25, -0.2) is 0 Å². The van der Waals surface area contributed by atoms with Gasteiger partial charge in [0.2, 0.25) is 0 Å². The van der Waals surface area contributed by atoms with Crippen LogP contribution in [0.25, 0.3) is 0 Å². The summed E-state index contributed by atoms with van der Waals surface area (Å²) in [6.07, 6.45) is 5.16. The molecule has 0 spiro atoms. The van der Waals surface area contributed by atoms with Crippen LogP contribution in [-0.2, 0) is 0 Å². The van der Waals surface area contributed by atoms with E-state index in [4.69, 9.17) is 28.0 Å². The molecule has 0 radical (unpaired) electrons. The van der Waals surface area contributed by atoms with Crippen LogP contribution in [0.1, 0.15) is 10.4 Å². The molecule has 0 aliphatic rings. The maximum Gasteiger partial charge on any atom is 0.259 e. The molecule has 92 valence electrons. The first kappa shape index (κ1) is 13.9. The molecule has 0 fully saturated rings. The summed E-state index contributed by atoms with van der Waals surface area (Å²) in [5, 5.41) is 9.13. The monoisotopic (exact) mass is 262 g/mol. The van der Waals surface area contributed by atoms with Crippen molar-refractivity contribution in [3.05, 3.63) is 28.8 Å². The molecule has 0 heterocycles. The lowest BCUT2D eigenvalue weighted by atomic mass is 10.1. The maximum absolute atomic E-state index is 12.2. The predicted molar refractivity (Wildman–Crippen MR) is 68.4 cm³/mol. The van der Waals surface area contributed by atoms with Gasteiger partial charge in [-0.15, -0.1) is 6.42 Å². The zero-order valence-corrected chi connectivity index (χ0v) is 10.6. The fourth-order valence-electron chi connectivity index (χ4n) is 1.41. The highest BCUT2D eigenvalue weighted by atomic mass is 35.5. The van der Waals surface area contributed by atoms with Gasteiger partial charge in [0, 0.05) is 5.02 Å². The summed E-state index contributed by atoms with van der Waals surface area (Å²) in [5.74, 6) is 2.34. The molecule has 0 bridgehead atoms. The zero-order valence-electron chi connectivity index (χ0n) is 9.81. The van der Waals surface area contributed by atoms with E-state index in [1.54, 1.807) is 12.1 Å². The van der Waals surface area contributed by atoms with Crippen LogP contribution in [0, 0.1) is 23.7 Å². The third kappa shape index (κ3) is 3.16. The number of nitrogens with zero attached hydrogens (tertiary/aromatic N) is 2. The molecular formula is C13H11ClN2O2. The second kappa shape index (κ2) is 6.54. The number of amides is 1. The fourth-order valence-corrected chi connectivity index (χ4v) is 1.57. The molecule has 0 saturated carbocycles. The minimum absolute atomic E-state index is 0.0676. The molecule has 5 heteroatoms. The zero-order chi connectivity index (χ0) is 13.5. The molecule has 0 atom stereocenters. The fraction of sp³-hybridized carbons (Fsp3) is 0.231. The lowest BCUT2D eigenvalue weighted by Crippen LogP contribution is -2.32. The maximum atomic E-state index is 12.2. The number of terminal acetylenes is 1. The summed E-state index contributed by atoms with van der Waals surface area (Å²) < 4.78 is 5.09. The third-order valence-corrected chi connectivity index (χ3v) is 2.46. The number of benzene rings is 1. The summed E-state index contributed by atoms with van der Waals surface area (Å²) in [5.41, 5.74) is 0.326. The Morgan fingerprint density at radius 1 is 1.56 bits per heavy atom. The van der Waals surface area contributed by atoms with Gasteiger partial charge in [-0.05, 0) is 18.2 Å². The van der Waals surface area contributed by atoms with E-state index in [0.717, 1.165) is 0 Å². The SMILES string of the molecule is C#CCN(CC#N)C(=O)c1ccc(Cl)cc1OC. The van der Waals surface area contributed by atoms with E-state index in [1.807, 2.05) is 6.07 Å². The summed E-state index contributed by atoms with van der Waals surface area (Å²) in [6.45, 7) is -0.00696. The largest absolute Gasteiger partial charge is 0.496 e. The van der Waals surface area contributed by atoms with Crippen LogP contribution in [0.3, 0.4) is 0 Å². The normalized spacial score (nSPS) is 9.11. The second-order valence-electron chi connectivity index (χ2n) is 3.37. The van der Waals surface area contributed by atoms with Gasteiger partial charge in [-0.1, -0.05) is 17.5 Å². The van der Waals surface area contributed by atoms with E-state index >= 15 is 0 Å². The molecule has 0 saturated heterocycles.